The van der Waals surface area contributed by atoms with E-state index in [9.17, 15) is 4.79 Å². The first-order valence-corrected chi connectivity index (χ1v) is 14.2. The van der Waals surface area contributed by atoms with E-state index >= 15 is 0 Å². The third-order valence-electron chi connectivity index (χ3n) is 7.98. The molecule has 0 bridgehead atoms. The van der Waals surface area contributed by atoms with Crippen LogP contribution in [0.15, 0.2) is 72.8 Å². The second kappa shape index (κ2) is 11.6. The van der Waals surface area contributed by atoms with E-state index < -0.39 is 6.09 Å². The number of fused-ring (bicyclic) bond motifs is 2. The molecule has 0 radical (unpaired) electrons. The van der Waals surface area contributed by atoms with Crippen LogP contribution >= 0.6 is 11.6 Å². The fourth-order valence-corrected chi connectivity index (χ4v) is 6.11. The van der Waals surface area contributed by atoms with E-state index in [1.807, 2.05) is 30.3 Å². The number of nitrogens with zero attached hydrogens (tertiary/aromatic N) is 6. The number of hydrogen-bond acceptors (Lipinski definition) is 6. The number of ether oxygens (including phenoxy) is 1. The van der Waals surface area contributed by atoms with Gasteiger partial charge in [-0.25, -0.2) is 21.3 Å². The molecular formula is C32H31ClN6O2. The molecule has 1 saturated heterocycles. The number of halogens is 1. The van der Waals surface area contributed by atoms with Crippen molar-refractivity contribution < 1.29 is 9.53 Å². The normalized spacial score (nSPS) is 18.6. The molecule has 2 atom stereocenters. The molecule has 9 heteroatoms. The Morgan fingerprint density at radius 1 is 1.05 bits per heavy atom. The topological polar surface area (TPSA) is 66.2 Å². The first-order valence-electron chi connectivity index (χ1n) is 13.9. The van der Waals surface area contributed by atoms with E-state index in [1.165, 1.54) is 16.5 Å². The maximum Gasteiger partial charge on any atom is 0.410 e. The fraction of sp³-hybridized carbons (Fsp3) is 0.312. The van der Waals surface area contributed by atoms with Crippen molar-refractivity contribution in [3.05, 3.63) is 106 Å². The van der Waals surface area contributed by atoms with Gasteiger partial charge in [-0.3, -0.25) is 4.90 Å². The van der Waals surface area contributed by atoms with Crippen LogP contribution in [-0.2, 0) is 24.3 Å². The summed E-state index contributed by atoms with van der Waals surface area (Å²) in [4.78, 5) is 32.4. The molecule has 41 heavy (non-hydrogen) atoms. The zero-order chi connectivity index (χ0) is 28.3. The Bertz CT molecular complexity index is 1600. The lowest BCUT2D eigenvalue weighted by atomic mass is 10.0. The second-order valence-corrected chi connectivity index (χ2v) is 10.9. The van der Waals surface area contributed by atoms with Crippen LogP contribution in [0.1, 0.15) is 23.7 Å². The molecule has 1 amide bonds. The highest BCUT2D eigenvalue weighted by Crippen LogP contribution is 2.35. The minimum absolute atomic E-state index is 0.0487. The first kappa shape index (κ1) is 26.9. The first-order chi connectivity index (χ1) is 20.0. The highest BCUT2D eigenvalue weighted by Gasteiger charge is 2.39. The summed E-state index contributed by atoms with van der Waals surface area (Å²) in [5.74, 6) is 0.803. The predicted octanol–water partition coefficient (Wildman–Crippen LogP) is 5.98. The summed E-state index contributed by atoms with van der Waals surface area (Å²) in [5, 5.41) is 2.62. The Kier molecular flexibility index (Phi) is 7.62. The van der Waals surface area contributed by atoms with Crippen molar-refractivity contribution in [3.63, 3.8) is 0 Å². The maximum atomic E-state index is 13.1. The van der Waals surface area contributed by atoms with Gasteiger partial charge in [-0.05, 0) is 42.0 Å². The van der Waals surface area contributed by atoms with Gasteiger partial charge in [0.2, 0.25) is 11.8 Å². The van der Waals surface area contributed by atoms with Crippen LogP contribution in [0.25, 0.3) is 15.6 Å². The molecule has 0 N–H and O–H groups in total. The van der Waals surface area contributed by atoms with E-state index in [-0.39, 0.29) is 30.5 Å². The zero-order valence-electron chi connectivity index (χ0n) is 22.9. The molecule has 8 nitrogen and oxygen atoms in total. The molecule has 2 aliphatic rings. The molecule has 0 spiro atoms. The third kappa shape index (κ3) is 5.50. The molecule has 1 aromatic heterocycles. The van der Waals surface area contributed by atoms with Crippen LogP contribution in [0, 0.1) is 6.57 Å². The van der Waals surface area contributed by atoms with Crippen molar-refractivity contribution in [1.82, 2.24) is 14.9 Å². The zero-order valence-corrected chi connectivity index (χ0v) is 23.7. The van der Waals surface area contributed by atoms with Crippen LogP contribution in [0.3, 0.4) is 0 Å². The number of carbonyl (C=O) groups excluding carboxylic acids is 1. The largest absolute Gasteiger partial charge is 0.445 e. The van der Waals surface area contributed by atoms with Gasteiger partial charge in [0.25, 0.3) is 0 Å². The van der Waals surface area contributed by atoms with Crippen molar-refractivity contribution in [2.24, 2.45) is 0 Å². The van der Waals surface area contributed by atoms with Crippen molar-refractivity contribution >= 4 is 40.0 Å². The lowest BCUT2D eigenvalue weighted by Crippen LogP contribution is -2.60. The number of hydrogen-bond donors (Lipinski definition) is 0. The van der Waals surface area contributed by atoms with E-state index in [4.69, 9.17) is 27.9 Å². The molecule has 2 aliphatic heterocycles. The SMILES string of the molecule is [C-]#[N+]C[C@H]1CN(c2nc(Cl)nc3c2CCN(c2cccc4ccccc24)C3)[C@H](C)CN1C(=O)OCc1ccccc1. The van der Waals surface area contributed by atoms with Gasteiger partial charge in [-0.15, -0.1) is 0 Å². The van der Waals surface area contributed by atoms with Crippen LogP contribution < -0.4 is 9.80 Å². The van der Waals surface area contributed by atoms with Crippen molar-refractivity contribution in [3.8, 4) is 0 Å². The molecule has 0 saturated carbocycles. The van der Waals surface area contributed by atoms with Crippen molar-refractivity contribution in [2.75, 3.05) is 36.0 Å². The van der Waals surface area contributed by atoms with E-state index in [0.29, 0.717) is 19.6 Å². The number of rotatable bonds is 5. The smallest absolute Gasteiger partial charge is 0.410 e. The summed E-state index contributed by atoms with van der Waals surface area (Å²) >= 11 is 6.51. The number of anilines is 2. The molecular weight excluding hydrogens is 536 g/mol. The molecule has 3 heterocycles. The minimum Gasteiger partial charge on any atom is -0.445 e. The predicted molar refractivity (Wildman–Crippen MR) is 161 cm³/mol. The average molecular weight is 567 g/mol. The monoisotopic (exact) mass is 566 g/mol. The van der Waals surface area contributed by atoms with Gasteiger partial charge in [-0.1, -0.05) is 66.7 Å². The number of carbonyl (C=O) groups is 1. The molecule has 6 rings (SSSR count). The average Bonchev–Trinajstić information content (AvgIpc) is 3.00. The Labute approximate surface area is 244 Å². The summed E-state index contributed by atoms with van der Waals surface area (Å²) in [7, 11) is 0. The highest BCUT2D eigenvalue weighted by molar-refractivity contribution is 6.28. The van der Waals surface area contributed by atoms with E-state index in [1.54, 1.807) is 4.90 Å². The van der Waals surface area contributed by atoms with Crippen LogP contribution in [-0.4, -0.2) is 59.2 Å². The Balaban J connectivity index is 1.24. The van der Waals surface area contributed by atoms with Crippen LogP contribution in [0.2, 0.25) is 5.28 Å². The summed E-state index contributed by atoms with van der Waals surface area (Å²) < 4.78 is 5.64. The second-order valence-electron chi connectivity index (χ2n) is 10.6. The molecule has 208 valence electrons. The highest BCUT2D eigenvalue weighted by atomic mass is 35.5. The summed E-state index contributed by atoms with van der Waals surface area (Å²) in [6, 6.07) is 24.0. The van der Waals surface area contributed by atoms with Crippen LogP contribution in [0.4, 0.5) is 16.3 Å². The molecule has 3 aromatic carbocycles. The van der Waals surface area contributed by atoms with E-state index in [2.05, 4.69) is 69.0 Å². The Morgan fingerprint density at radius 2 is 1.83 bits per heavy atom. The van der Waals surface area contributed by atoms with Crippen LogP contribution in [0.5, 0.6) is 0 Å². The molecule has 0 aliphatic carbocycles. The maximum absolute atomic E-state index is 13.1. The van der Waals surface area contributed by atoms with Gasteiger partial charge in [0.15, 0.2) is 0 Å². The number of benzene rings is 3. The van der Waals surface area contributed by atoms with Crippen molar-refractivity contribution in [2.45, 2.75) is 38.6 Å². The van der Waals surface area contributed by atoms with Gasteiger partial charge in [0.05, 0.1) is 12.2 Å². The number of amides is 1. The number of piperazine rings is 1. The summed E-state index contributed by atoms with van der Waals surface area (Å²) in [6.07, 6.45) is 0.368. The molecule has 4 aromatic rings. The van der Waals surface area contributed by atoms with E-state index in [0.717, 1.165) is 35.6 Å². The van der Waals surface area contributed by atoms with Gasteiger partial charge in [0, 0.05) is 42.3 Å². The Hall–Kier alpha value is -4.35. The van der Waals surface area contributed by atoms with Gasteiger partial charge in [-0.2, -0.15) is 0 Å². The standard InChI is InChI=1S/C32H31ClN6O2/c1-22-18-39(32(40)41-21-23-9-4-3-5-10-23)25(17-34-2)19-38(22)30-27-15-16-37(20-28(27)35-31(33)36-30)29-14-8-12-24-11-6-7-13-26(24)29/h3-14,22,25H,15-21H2,1H3/t22-,25+/m1/s1. The lowest BCUT2D eigenvalue weighted by molar-refractivity contribution is 0.0731. The third-order valence-corrected chi connectivity index (χ3v) is 8.15. The van der Waals surface area contributed by atoms with Crippen molar-refractivity contribution in [1.29, 1.82) is 0 Å². The quantitative estimate of drug-likeness (QED) is 0.219. The van der Waals surface area contributed by atoms with Gasteiger partial charge < -0.3 is 19.4 Å². The molecule has 0 unspecified atom stereocenters. The Morgan fingerprint density at radius 3 is 2.66 bits per heavy atom. The lowest BCUT2D eigenvalue weighted by Gasteiger charge is -2.44. The minimum atomic E-state index is -0.400. The van der Waals surface area contributed by atoms with Gasteiger partial charge >= 0.3 is 6.09 Å². The van der Waals surface area contributed by atoms with Gasteiger partial charge in [0.1, 0.15) is 18.5 Å². The number of aromatic nitrogens is 2. The molecule has 1 fully saturated rings. The summed E-state index contributed by atoms with van der Waals surface area (Å²) in [5.41, 5.74) is 4.10. The fourth-order valence-electron chi connectivity index (χ4n) is 5.93. The summed E-state index contributed by atoms with van der Waals surface area (Å²) in [6.45, 7) is 12.3.